The van der Waals surface area contributed by atoms with Crippen molar-refractivity contribution < 1.29 is 9.13 Å². The van der Waals surface area contributed by atoms with Gasteiger partial charge in [-0.15, -0.1) is 0 Å². The zero-order valence-electron chi connectivity index (χ0n) is 12.1. The summed E-state index contributed by atoms with van der Waals surface area (Å²) >= 11 is 0. The van der Waals surface area contributed by atoms with E-state index in [0.29, 0.717) is 17.2 Å². The predicted molar refractivity (Wildman–Crippen MR) is 79.6 cm³/mol. The van der Waals surface area contributed by atoms with E-state index in [1.807, 2.05) is 31.2 Å². The van der Waals surface area contributed by atoms with Crippen LogP contribution in [0.15, 0.2) is 42.5 Å². The molecule has 0 radical (unpaired) electrons. The average molecular weight is 273 g/mol. The van der Waals surface area contributed by atoms with Crippen molar-refractivity contribution in [2.24, 2.45) is 5.73 Å². The summed E-state index contributed by atoms with van der Waals surface area (Å²) in [6.45, 7) is 6.06. The number of para-hydroxylation sites is 1. The van der Waals surface area contributed by atoms with Crippen LogP contribution in [0.1, 0.15) is 43.9 Å². The maximum Gasteiger partial charge on any atom is 0.167 e. The maximum absolute atomic E-state index is 13.9. The zero-order valence-corrected chi connectivity index (χ0v) is 12.1. The quantitative estimate of drug-likeness (QED) is 0.871. The lowest BCUT2D eigenvalue weighted by Gasteiger charge is -2.15. The zero-order chi connectivity index (χ0) is 14.7. The number of halogens is 1. The second-order valence-corrected chi connectivity index (χ2v) is 5.27. The summed E-state index contributed by atoms with van der Waals surface area (Å²) in [6, 6.07) is 12.2. The molecule has 20 heavy (non-hydrogen) atoms. The Labute approximate surface area is 119 Å². The summed E-state index contributed by atoms with van der Waals surface area (Å²) < 4.78 is 19.6. The summed E-state index contributed by atoms with van der Waals surface area (Å²) in [5.74, 6) is 0.881. The molecule has 0 saturated heterocycles. The lowest BCUT2D eigenvalue weighted by Crippen LogP contribution is -2.07. The van der Waals surface area contributed by atoms with Crippen LogP contribution in [0, 0.1) is 5.82 Å². The molecule has 0 aliphatic heterocycles. The third kappa shape index (κ3) is 3.17. The van der Waals surface area contributed by atoms with Gasteiger partial charge in [0.05, 0.1) is 0 Å². The van der Waals surface area contributed by atoms with Crippen LogP contribution in [0.5, 0.6) is 11.5 Å². The highest BCUT2D eigenvalue weighted by atomic mass is 19.1. The number of hydrogen-bond donors (Lipinski definition) is 1. The van der Waals surface area contributed by atoms with Gasteiger partial charge in [-0.05, 0) is 36.6 Å². The highest BCUT2D eigenvalue weighted by molar-refractivity contribution is 5.41. The van der Waals surface area contributed by atoms with E-state index in [2.05, 4.69) is 13.8 Å². The van der Waals surface area contributed by atoms with Gasteiger partial charge in [-0.3, -0.25) is 0 Å². The molecule has 0 saturated carbocycles. The molecular weight excluding hydrogens is 253 g/mol. The third-order valence-electron chi connectivity index (χ3n) is 3.25. The molecule has 0 aromatic heterocycles. The second kappa shape index (κ2) is 6.06. The molecule has 2 nitrogen and oxygen atoms in total. The van der Waals surface area contributed by atoms with Crippen LogP contribution in [-0.2, 0) is 0 Å². The molecule has 0 aliphatic carbocycles. The van der Waals surface area contributed by atoms with Crippen molar-refractivity contribution in [3.8, 4) is 11.5 Å². The van der Waals surface area contributed by atoms with Crippen molar-refractivity contribution >= 4 is 0 Å². The smallest absolute Gasteiger partial charge is 0.167 e. The Bertz CT molecular complexity index is 576. The summed E-state index contributed by atoms with van der Waals surface area (Å²) in [6.07, 6.45) is 0. The van der Waals surface area contributed by atoms with E-state index >= 15 is 0 Å². The topological polar surface area (TPSA) is 35.2 Å². The largest absolute Gasteiger partial charge is 0.454 e. The van der Waals surface area contributed by atoms with Gasteiger partial charge in [0.15, 0.2) is 11.6 Å². The van der Waals surface area contributed by atoms with E-state index in [1.165, 1.54) is 11.6 Å². The van der Waals surface area contributed by atoms with Crippen molar-refractivity contribution in [3.05, 3.63) is 59.4 Å². The van der Waals surface area contributed by atoms with Gasteiger partial charge in [0, 0.05) is 11.6 Å². The molecule has 0 aliphatic rings. The first-order valence-electron chi connectivity index (χ1n) is 6.81. The minimum atomic E-state index is -0.396. The van der Waals surface area contributed by atoms with Crippen LogP contribution >= 0.6 is 0 Å². The number of nitrogens with two attached hydrogens (primary N) is 1. The molecule has 0 fully saturated rings. The molecule has 1 atom stereocenters. The fourth-order valence-electron chi connectivity index (χ4n) is 2.03. The van der Waals surface area contributed by atoms with Crippen molar-refractivity contribution in [2.45, 2.75) is 32.7 Å². The molecule has 0 amide bonds. The molecule has 0 unspecified atom stereocenters. The first kappa shape index (κ1) is 14.5. The van der Waals surface area contributed by atoms with Crippen LogP contribution in [0.3, 0.4) is 0 Å². The van der Waals surface area contributed by atoms with E-state index in [1.54, 1.807) is 12.1 Å². The Balaban J connectivity index is 2.30. The van der Waals surface area contributed by atoms with Crippen molar-refractivity contribution in [3.63, 3.8) is 0 Å². The van der Waals surface area contributed by atoms with E-state index in [9.17, 15) is 4.39 Å². The maximum atomic E-state index is 13.9. The van der Waals surface area contributed by atoms with E-state index < -0.39 is 5.82 Å². The van der Waals surface area contributed by atoms with E-state index in [-0.39, 0.29) is 11.8 Å². The molecule has 2 rings (SSSR count). The number of ether oxygens (including phenoxy) is 1. The van der Waals surface area contributed by atoms with Gasteiger partial charge in [0.1, 0.15) is 5.75 Å². The Morgan fingerprint density at radius 2 is 1.65 bits per heavy atom. The molecule has 3 heteroatoms. The minimum absolute atomic E-state index is 0.208. The minimum Gasteiger partial charge on any atom is -0.454 e. The normalized spacial score (nSPS) is 12.5. The van der Waals surface area contributed by atoms with Crippen molar-refractivity contribution in [1.29, 1.82) is 0 Å². The van der Waals surface area contributed by atoms with Crippen LogP contribution < -0.4 is 10.5 Å². The number of hydrogen-bond acceptors (Lipinski definition) is 2. The molecular formula is C17H20FNO. The molecule has 0 heterocycles. The Kier molecular flexibility index (Phi) is 4.40. The highest BCUT2D eigenvalue weighted by Crippen LogP contribution is 2.32. The van der Waals surface area contributed by atoms with Gasteiger partial charge in [-0.2, -0.15) is 0 Å². The lowest BCUT2D eigenvalue weighted by atomic mass is 10.0. The number of rotatable bonds is 4. The Hall–Kier alpha value is -1.87. The van der Waals surface area contributed by atoms with Crippen molar-refractivity contribution in [1.82, 2.24) is 0 Å². The summed E-state index contributed by atoms with van der Waals surface area (Å²) in [5.41, 5.74) is 7.74. The van der Waals surface area contributed by atoms with Gasteiger partial charge < -0.3 is 10.5 Å². The van der Waals surface area contributed by atoms with Crippen LogP contribution in [-0.4, -0.2) is 0 Å². The first-order valence-corrected chi connectivity index (χ1v) is 6.81. The molecule has 0 bridgehead atoms. The van der Waals surface area contributed by atoms with Crippen LogP contribution in [0.25, 0.3) is 0 Å². The average Bonchev–Trinajstić information content (AvgIpc) is 2.41. The molecule has 2 N–H and O–H groups in total. The molecule has 106 valence electrons. The van der Waals surface area contributed by atoms with E-state index in [4.69, 9.17) is 10.5 Å². The number of benzene rings is 2. The van der Waals surface area contributed by atoms with Gasteiger partial charge in [0.2, 0.25) is 0 Å². The Morgan fingerprint density at radius 3 is 2.20 bits per heavy atom. The fraction of sp³-hybridized carbons (Fsp3) is 0.294. The fourth-order valence-corrected chi connectivity index (χ4v) is 2.03. The molecule has 2 aromatic carbocycles. The first-order chi connectivity index (χ1) is 9.49. The Morgan fingerprint density at radius 1 is 1.00 bits per heavy atom. The SMILES string of the molecule is CC(C)c1ccc(Oc2c(F)cccc2[C@H](C)N)cc1. The summed E-state index contributed by atoms with van der Waals surface area (Å²) in [4.78, 5) is 0. The van der Waals surface area contributed by atoms with E-state index in [0.717, 1.165) is 0 Å². The highest BCUT2D eigenvalue weighted by Gasteiger charge is 2.14. The van der Waals surface area contributed by atoms with Gasteiger partial charge in [0.25, 0.3) is 0 Å². The molecule has 2 aromatic rings. The lowest BCUT2D eigenvalue weighted by molar-refractivity contribution is 0.432. The summed E-state index contributed by atoms with van der Waals surface area (Å²) in [7, 11) is 0. The third-order valence-corrected chi connectivity index (χ3v) is 3.25. The van der Waals surface area contributed by atoms with Gasteiger partial charge in [-0.1, -0.05) is 38.1 Å². The second-order valence-electron chi connectivity index (χ2n) is 5.27. The van der Waals surface area contributed by atoms with Crippen LogP contribution in [0.2, 0.25) is 0 Å². The van der Waals surface area contributed by atoms with Gasteiger partial charge >= 0.3 is 0 Å². The standard InChI is InChI=1S/C17H20FNO/c1-11(2)13-7-9-14(10-8-13)20-17-15(12(3)19)5-4-6-16(17)18/h4-12H,19H2,1-3H3/t12-/m0/s1. The predicted octanol–water partition coefficient (Wildman–Crippen LogP) is 4.76. The van der Waals surface area contributed by atoms with Gasteiger partial charge in [-0.25, -0.2) is 4.39 Å². The summed E-state index contributed by atoms with van der Waals surface area (Å²) in [5, 5.41) is 0. The molecule has 0 spiro atoms. The van der Waals surface area contributed by atoms with Crippen molar-refractivity contribution in [2.75, 3.05) is 0 Å². The monoisotopic (exact) mass is 273 g/mol. The van der Waals surface area contributed by atoms with Crippen LogP contribution in [0.4, 0.5) is 4.39 Å².